The summed E-state index contributed by atoms with van der Waals surface area (Å²) in [6.07, 6.45) is 6.73. The van der Waals surface area contributed by atoms with E-state index in [-0.39, 0.29) is 18.0 Å². The summed E-state index contributed by atoms with van der Waals surface area (Å²) in [6, 6.07) is 0. The van der Waals surface area contributed by atoms with Gasteiger partial charge in [-0.05, 0) is 24.2 Å². The van der Waals surface area contributed by atoms with Crippen LogP contribution in [0.4, 0.5) is 0 Å². The smallest absolute Gasteiger partial charge is 0.333 e. The lowest BCUT2D eigenvalue weighted by Crippen LogP contribution is -2.23. The van der Waals surface area contributed by atoms with Gasteiger partial charge in [-0.25, -0.2) is 4.79 Å². The van der Waals surface area contributed by atoms with Crippen molar-refractivity contribution in [2.75, 3.05) is 7.11 Å². The van der Waals surface area contributed by atoms with Crippen LogP contribution in [0, 0.1) is 23.7 Å². The van der Waals surface area contributed by atoms with Crippen LogP contribution in [0.25, 0.3) is 0 Å². The number of hydrogen-bond acceptors (Lipinski definition) is 3. The maximum absolute atomic E-state index is 11.6. The van der Waals surface area contributed by atoms with Gasteiger partial charge in [0, 0.05) is 11.5 Å². The summed E-state index contributed by atoms with van der Waals surface area (Å²) in [5, 5.41) is 9.95. The molecule has 0 bridgehead atoms. The quantitative estimate of drug-likeness (QED) is 0.512. The summed E-state index contributed by atoms with van der Waals surface area (Å²) in [5.74, 6) is 0.929. The number of carbonyl (C=O) groups is 1. The lowest BCUT2D eigenvalue weighted by Gasteiger charge is -2.18. The molecule has 3 aliphatic rings. The van der Waals surface area contributed by atoms with Gasteiger partial charge in [0.2, 0.25) is 0 Å². The normalized spacial score (nSPS) is 45.5. The Morgan fingerprint density at radius 3 is 3.07 bits per heavy atom. The fourth-order valence-corrected chi connectivity index (χ4v) is 3.46. The Hall–Kier alpha value is -1.09. The standard InChI is InChI=1S/C12H14O3/c1-15-12(14)8-4-6-2-3-7-5-9(13)11(8)10(6)7/h2-4,6-7,9-11,13H,5H2,1H3/t6-,7-,9+,10+,11-/m0/s1. The van der Waals surface area contributed by atoms with Gasteiger partial charge in [-0.2, -0.15) is 0 Å². The second-order valence-corrected chi connectivity index (χ2v) is 4.65. The zero-order valence-corrected chi connectivity index (χ0v) is 8.59. The van der Waals surface area contributed by atoms with Gasteiger partial charge in [0.15, 0.2) is 0 Å². The number of hydrogen-bond donors (Lipinski definition) is 1. The zero-order chi connectivity index (χ0) is 10.6. The van der Waals surface area contributed by atoms with Crippen LogP contribution in [0.1, 0.15) is 6.42 Å². The van der Waals surface area contributed by atoms with Crippen LogP contribution >= 0.6 is 0 Å². The van der Waals surface area contributed by atoms with Crippen molar-refractivity contribution < 1.29 is 14.6 Å². The molecule has 0 aromatic rings. The first-order valence-electron chi connectivity index (χ1n) is 5.39. The molecule has 0 radical (unpaired) electrons. The predicted molar refractivity (Wildman–Crippen MR) is 53.8 cm³/mol. The molecular weight excluding hydrogens is 192 g/mol. The molecule has 0 amide bonds. The average Bonchev–Trinajstić information content (AvgIpc) is 2.83. The van der Waals surface area contributed by atoms with E-state index in [1.54, 1.807) is 0 Å². The number of aliphatic hydroxyl groups excluding tert-OH is 1. The van der Waals surface area contributed by atoms with Gasteiger partial charge in [0.25, 0.3) is 0 Å². The Bertz CT molecular complexity index is 369. The van der Waals surface area contributed by atoms with E-state index in [9.17, 15) is 9.90 Å². The van der Waals surface area contributed by atoms with E-state index in [0.29, 0.717) is 23.3 Å². The van der Waals surface area contributed by atoms with E-state index in [0.717, 1.165) is 6.42 Å². The lowest BCUT2D eigenvalue weighted by atomic mass is 9.88. The minimum Gasteiger partial charge on any atom is -0.466 e. The predicted octanol–water partition coefficient (Wildman–Crippen LogP) is 0.899. The van der Waals surface area contributed by atoms with Gasteiger partial charge < -0.3 is 9.84 Å². The summed E-state index contributed by atoms with van der Waals surface area (Å²) in [7, 11) is 1.39. The fourth-order valence-electron chi connectivity index (χ4n) is 3.46. The molecule has 3 heteroatoms. The van der Waals surface area contributed by atoms with Crippen LogP contribution in [0.15, 0.2) is 23.8 Å². The van der Waals surface area contributed by atoms with Crippen molar-refractivity contribution in [3.8, 4) is 0 Å². The average molecular weight is 206 g/mol. The van der Waals surface area contributed by atoms with Crippen molar-refractivity contribution >= 4 is 5.97 Å². The molecular formula is C12H14O3. The first-order chi connectivity index (χ1) is 7.22. The molecule has 0 saturated heterocycles. The second kappa shape index (κ2) is 2.95. The third-order valence-electron chi connectivity index (χ3n) is 4.01. The van der Waals surface area contributed by atoms with Crippen LogP contribution < -0.4 is 0 Å². The highest BCUT2D eigenvalue weighted by atomic mass is 16.5. The highest BCUT2D eigenvalue weighted by molar-refractivity contribution is 5.90. The molecule has 1 N–H and O–H groups in total. The maximum Gasteiger partial charge on any atom is 0.333 e. The van der Waals surface area contributed by atoms with E-state index in [2.05, 4.69) is 12.2 Å². The number of allylic oxidation sites excluding steroid dienone is 3. The number of methoxy groups -OCH3 is 1. The molecule has 0 aromatic heterocycles. The number of rotatable bonds is 1. The molecule has 0 aromatic carbocycles. The molecule has 5 atom stereocenters. The topological polar surface area (TPSA) is 46.5 Å². The summed E-state index contributed by atoms with van der Waals surface area (Å²) in [6.45, 7) is 0. The highest BCUT2D eigenvalue weighted by Crippen LogP contribution is 2.54. The number of aliphatic hydroxyl groups is 1. The third-order valence-corrected chi connectivity index (χ3v) is 4.01. The molecule has 1 fully saturated rings. The Morgan fingerprint density at radius 2 is 2.33 bits per heavy atom. The van der Waals surface area contributed by atoms with Gasteiger partial charge in [0.05, 0.1) is 13.2 Å². The molecule has 3 aliphatic carbocycles. The summed E-state index contributed by atoms with van der Waals surface area (Å²) in [4.78, 5) is 11.6. The molecule has 3 rings (SSSR count). The van der Waals surface area contributed by atoms with Gasteiger partial charge >= 0.3 is 5.97 Å². The van der Waals surface area contributed by atoms with Crippen LogP contribution in [0.5, 0.6) is 0 Å². The molecule has 0 unspecified atom stereocenters. The minimum absolute atomic E-state index is 0.00227. The van der Waals surface area contributed by atoms with Crippen molar-refractivity contribution in [1.82, 2.24) is 0 Å². The van der Waals surface area contributed by atoms with Gasteiger partial charge in [-0.1, -0.05) is 18.2 Å². The summed E-state index contributed by atoms with van der Waals surface area (Å²) in [5.41, 5.74) is 0.687. The van der Waals surface area contributed by atoms with Gasteiger partial charge in [-0.15, -0.1) is 0 Å². The number of esters is 1. The highest BCUT2D eigenvalue weighted by Gasteiger charge is 2.53. The second-order valence-electron chi connectivity index (χ2n) is 4.65. The van der Waals surface area contributed by atoms with Crippen molar-refractivity contribution in [2.45, 2.75) is 12.5 Å². The maximum atomic E-state index is 11.6. The molecule has 0 aliphatic heterocycles. The lowest BCUT2D eigenvalue weighted by molar-refractivity contribution is -0.137. The zero-order valence-electron chi connectivity index (χ0n) is 8.59. The molecule has 3 nitrogen and oxygen atoms in total. The van der Waals surface area contributed by atoms with Crippen molar-refractivity contribution in [3.63, 3.8) is 0 Å². The summed E-state index contributed by atoms with van der Waals surface area (Å²) >= 11 is 0. The van der Waals surface area contributed by atoms with E-state index in [1.807, 2.05) is 6.08 Å². The van der Waals surface area contributed by atoms with Crippen molar-refractivity contribution in [3.05, 3.63) is 23.8 Å². The first-order valence-corrected chi connectivity index (χ1v) is 5.39. The number of carbonyl (C=O) groups excluding carboxylic acids is 1. The molecule has 15 heavy (non-hydrogen) atoms. The van der Waals surface area contributed by atoms with E-state index in [4.69, 9.17) is 4.74 Å². The van der Waals surface area contributed by atoms with Crippen LogP contribution in [0.2, 0.25) is 0 Å². The molecule has 1 saturated carbocycles. The van der Waals surface area contributed by atoms with Gasteiger partial charge in [0.1, 0.15) is 0 Å². The Kier molecular flexibility index (Phi) is 1.80. The van der Waals surface area contributed by atoms with E-state index < -0.39 is 0 Å². The van der Waals surface area contributed by atoms with E-state index >= 15 is 0 Å². The van der Waals surface area contributed by atoms with Crippen LogP contribution in [0.3, 0.4) is 0 Å². The van der Waals surface area contributed by atoms with Crippen LogP contribution in [-0.2, 0) is 9.53 Å². The first kappa shape index (κ1) is 9.16. The van der Waals surface area contributed by atoms with Crippen molar-refractivity contribution in [2.24, 2.45) is 23.7 Å². The van der Waals surface area contributed by atoms with Crippen molar-refractivity contribution in [1.29, 1.82) is 0 Å². The largest absolute Gasteiger partial charge is 0.466 e. The summed E-state index contributed by atoms with van der Waals surface area (Å²) < 4.78 is 4.76. The minimum atomic E-state index is -0.375. The van der Waals surface area contributed by atoms with Gasteiger partial charge in [-0.3, -0.25) is 0 Å². The fraction of sp³-hybridized carbons (Fsp3) is 0.583. The molecule has 0 heterocycles. The SMILES string of the molecule is COC(=O)C1=C[C@@H]2C=C[C@H]3C[C@@H](O)[C@H]1[C@H]23. The number of ether oxygens (including phenoxy) is 1. The van der Waals surface area contributed by atoms with E-state index in [1.165, 1.54) is 7.11 Å². The van der Waals surface area contributed by atoms with Crippen LogP contribution in [-0.4, -0.2) is 24.3 Å². The Morgan fingerprint density at radius 1 is 1.53 bits per heavy atom. The third kappa shape index (κ3) is 1.07. The molecule has 0 spiro atoms. The Balaban J connectivity index is 1.98. The Labute approximate surface area is 88.4 Å². The monoisotopic (exact) mass is 206 g/mol. The molecule has 80 valence electrons.